The number of hydrogen-bond donors (Lipinski definition) is 1. The highest BCUT2D eigenvalue weighted by Crippen LogP contribution is 2.26. The number of pyridine rings is 2. The molecule has 98 valence electrons. The number of hydrogen-bond acceptors (Lipinski definition) is 5. The van der Waals surface area contributed by atoms with Crippen molar-refractivity contribution in [3.63, 3.8) is 0 Å². The summed E-state index contributed by atoms with van der Waals surface area (Å²) in [5.41, 5.74) is 0.359. The van der Waals surface area contributed by atoms with Gasteiger partial charge in [0.1, 0.15) is 5.82 Å². The van der Waals surface area contributed by atoms with E-state index in [2.05, 4.69) is 9.97 Å². The van der Waals surface area contributed by atoms with Gasteiger partial charge in [-0.05, 0) is 18.2 Å². The van der Waals surface area contributed by atoms with Gasteiger partial charge in [0.2, 0.25) is 0 Å². The number of rotatable bonds is 2. The number of amides is 2. The van der Waals surface area contributed by atoms with E-state index in [9.17, 15) is 14.4 Å². The summed E-state index contributed by atoms with van der Waals surface area (Å²) in [6.07, 6.45) is 3.95. The van der Waals surface area contributed by atoms with Gasteiger partial charge in [0, 0.05) is 18.6 Å². The molecule has 0 aliphatic carbocycles. The molecule has 0 spiro atoms. The lowest BCUT2D eigenvalue weighted by Gasteiger charge is -2.12. The molecule has 0 bridgehead atoms. The van der Waals surface area contributed by atoms with E-state index in [0.29, 0.717) is 0 Å². The highest BCUT2D eigenvalue weighted by molar-refractivity contribution is 6.34. The summed E-state index contributed by atoms with van der Waals surface area (Å²) in [5.74, 6) is -2.28. The molecule has 0 atom stereocenters. The molecule has 2 aromatic heterocycles. The number of fused-ring (bicyclic) bond motifs is 1. The van der Waals surface area contributed by atoms with Gasteiger partial charge in [-0.1, -0.05) is 0 Å². The van der Waals surface area contributed by atoms with E-state index in [0.717, 1.165) is 4.90 Å². The van der Waals surface area contributed by atoms with Crippen molar-refractivity contribution in [2.24, 2.45) is 0 Å². The molecule has 3 rings (SSSR count). The largest absolute Gasteiger partial charge is 0.478 e. The quantitative estimate of drug-likeness (QED) is 0.815. The van der Waals surface area contributed by atoms with Gasteiger partial charge >= 0.3 is 5.97 Å². The summed E-state index contributed by atoms with van der Waals surface area (Å²) >= 11 is 0. The summed E-state index contributed by atoms with van der Waals surface area (Å²) in [5, 5.41) is 8.93. The molecule has 7 heteroatoms. The zero-order valence-corrected chi connectivity index (χ0v) is 9.98. The van der Waals surface area contributed by atoms with Crippen LogP contribution in [0.5, 0.6) is 0 Å². The van der Waals surface area contributed by atoms with E-state index in [1.807, 2.05) is 0 Å². The first kappa shape index (κ1) is 12.0. The van der Waals surface area contributed by atoms with Gasteiger partial charge in [-0.15, -0.1) is 0 Å². The maximum absolute atomic E-state index is 12.2. The van der Waals surface area contributed by atoms with Crippen molar-refractivity contribution >= 4 is 23.6 Å². The molecule has 7 nitrogen and oxygen atoms in total. The van der Waals surface area contributed by atoms with Crippen molar-refractivity contribution in [1.29, 1.82) is 0 Å². The number of nitrogens with zero attached hydrogens (tertiary/aromatic N) is 3. The summed E-state index contributed by atoms with van der Waals surface area (Å²) < 4.78 is 0. The summed E-state index contributed by atoms with van der Waals surface area (Å²) in [7, 11) is 0. The first-order valence-corrected chi connectivity index (χ1v) is 5.62. The van der Waals surface area contributed by atoms with E-state index in [1.54, 1.807) is 0 Å². The van der Waals surface area contributed by atoms with Gasteiger partial charge in [0.05, 0.1) is 16.7 Å². The number of carbonyl (C=O) groups excluding carboxylic acids is 2. The van der Waals surface area contributed by atoms with Crippen LogP contribution in [0.15, 0.2) is 36.8 Å². The van der Waals surface area contributed by atoms with Crippen LogP contribution < -0.4 is 4.90 Å². The van der Waals surface area contributed by atoms with Gasteiger partial charge in [-0.3, -0.25) is 14.6 Å². The molecule has 0 fully saturated rings. The van der Waals surface area contributed by atoms with E-state index >= 15 is 0 Å². The fourth-order valence-corrected chi connectivity index (χ4v) is 1.97. The van der Waals surface area contributed by atoms with Crippen molar-refractivity contribution in [3.05, 3.63) is 53.5 Å². The molecule has 3 heterocycles. The van der Waals surface area contributed by atoms with Gasteiger partial charge in [-0.2, -0.15) is 0 Å². The lowest BCUT2D eigenvalue weighted by atomic mass is 10.2. The van der Waals surface area contributed by atoms with E-state index in [4.69, 9.17) is 5.11 Å². The number of imide groups is 1. The SMILES string of the molecule is O=C(O)c1ccnc(N2C(=O)c3ccncc3C2=O)c1. The second kappa shape index (κ2) is 4.23. The molecular weight excluding hydrogens is 262 g/mol. The van der Waals surface area contributed by atoms with Crippen LogP contribution in [-0.4, -0.2) is 32.9 Å². The third-order valence-electron chi connectivity index (χ3n) is 2.91. The molecule has 0 aromatic carbocycles. The first-order valence-electron chi connectivity index (χ1n) is 5.62. The Morgan fingerprint density at radius 1 is 1.10 bits per heavy atom. The van der Waals surface area contributed by atoms with Gasteiger partial charge < -0.3 is 5.11 Å². The average molecular weight is 269 g/mol. The first-order chi connectivity index (χ1) is 9.59. The Kier molecular flexibility index (Phi) is 2.53. The predicted molar refractivity (Wildman–Crippen MR) is 66.6 cm³/mol. The van der Waals surface area contributed by atoms with Crippen LogP contribution in [-0.2, 0) is 0 Å². The van der Waals surface area contributed by atoms with E-state index in [-0.39, 0.29) is 22.5 Å². The van der Waals surface area contributed by atoms with Crippen molar-refractivity contribution < 1.29 is 19.5 Å². The zero-order valence-electron chi connectivity index (χ0n) is 9.98. The third kappa shape index (κ3) is 1.64. The number of carboxylic acid groups (broad SMARTS) is 1. The van der Waals surface area contributed by atoms with Crippen LogP contribution in [0.1, 0.15) is 31.1 Å². The number of aromatic carboxylic acids is 1. The summed E-state index contributed by atoms with van der Waals surface area (Å²) in [6.45, 7) is 0. The highest BCUT2D eigenvalue weighted by atomic mass is 16.4. The monoisotopic (exact) mass is 269 g/mol. The maximum Gasteiger partial charge on any atom is 0.335 e. The Bertz CT molecular complexity index is 722. The second-order valence-electron chi connectivity index (χ2n) is 4.07. The van der Waals surface area contributed by atoms with Crippen LogP contribution in [0.4, 0.5) is 5.82 Å². The minimum Gasteiger partial charge on any atom is -0.478 e. The maximum atomic E-state index is 12.2. The Labute approximate surface area is 112 Å². The standard InChI is InChI=1S/C13H7N3O4/c17-11-8-2-3-14-6-9(8)12(18)16(11)10-5-7(13(19)20)1-4-15-10/h1-6H,(H,19,20). The minimum atomic E-state index is -1.16. The average Bonchev–Trinajstić information content (AvgIpc) is 2.72. The molecule has 0 radical (unpaired) electrons. The zero-order chi connectivity index (χ0) is 14.3. The van der Waals surface area contributed by atoms with Gasteiger partial charge in [-0.25, -0.2) is 14.7 Å². The fourth-order valence-electron chi connectivity index (χ4n) is 1.97. The second-order valence-corrected chi connectivity index (χ2v) is 4.07. The van der Waals surface area contributed by atoms with Crippen LogP contribution >= 0.6 is 0 Å². The Hall–Kier alpha value is -3.09. The van der Waals surface area contributed by atoms with Crippen LogP contribution in [0.3, 0.4) is 0 Å². The van der Waals surface area contributed by atoms with Crippen molar-refractivity contribution in [1.82, 2.24) is 9.97 Å². The number of carbonyl (C=O) groups is 3. The molecule has 1 N–H and O–H groups in total. The highest BCUT2D eigenvalue weighted by Gasteiger charge is 2.37. The van der Waals surface area contributed by atoms with Crippen LogP contribution in [0, 0.1) is 0 Å². The number of anilines is 1. The third-order valence-corrected chi connectivity index (χ3v) is 2.91. The Morgan fingerprint density at radius 3 is 2.55 bits per heavy atom. The van der Waals surface area contributed by atoms with Crippen molar-refractivity contribution in [3.8, 4) is 0 Å². The van der Waals surface area contributed by atoms with Crippen LogP contribution in [0.25, 0.3) is 0 Å². The molecule has 20 heavy (non-hydrogen) atoms. The summed E-state index contributed by atoms with van der Waals surface area (Å²) in [4.78, 5) is 43.8. The van der Waals surface area contributed by atoms with Crippen molar-refractivity contribution in [2.45, 2.75) is 0 Å². The molecular formula is C13H7N3O4. The minimum absolute atomic E-state index is 0.0175. The lowest BCUT2D eigenvalue weighted by molar-refractivity contribution is 0.0695. The molecule has 2 amide bonds. The number of carboxylic acids is 1. The molecule has 0 saturated carbocycles. The fraction of sp³-hybridized carbons (Fsp3) is 0. The Morgan fingerprint density at radius 2 is 1.85 bits per heavy atom. The smallest absolute Gasteiger partial charge is 0.335 e. The topological polar surface area (TPSA) is 100 Å². The summed E-state index contributed by atoms with van der Waals surface area (Å²) in [6, 6.07) is 3.90. The normalized spacial score (nSPS) is 13.5. The van der Waals surface area contributed by atoms with Gasteiger partial charge in [0.25, 0.3) is 11.8 Å². The van der Waals surface area contributed by atoms with E-state index in [1.165, 1.54) is 36.8 Å². The predicted octanol–water partition coefficient (Wildman–Crippen LogP) is 0.975. The molecule has 0 unspecified atom stereocenters. The molecule has 2 aromatic rings. The van der Waals surface area contributed by atoms with Crippen LogP contribution in [0.2, 0.25) is 0 Å². The van der Waals surface area contributed by atoms with Gasteiger partial charge in [0.15, 0.2) is 0 Å². The molecule has 1 aliphatic heterocycles. The van der Waals surface area contributed by atoms with E-state index < -0.39 is 17.8 Å². The molecule has 1 aliphatic rings. The Balaban J connectivity index is 2.09. The lowest BCUT2D eigenvalue weighted by Crippen LogP contribution is -2.30. The number of aromatic nitrogens is 2. The molecule has 0 saturated heterocycles. The van der Waals surface area contributed by atoms with Crippen molar-refractivity contribution in [2.75, 3.05) is 4.90 Å².